The molecule has 2 rings (SSSR count). The average molecular weight is 351 g/mol. The van der Waals surface area contributed by atoms with Gasteiger partial charge in [-0.05, 0) is 49.9 Å². The lowest BCUT2D eigenvalue weighted by Crippen LogP contribution is -2.48. The molecule has 132 valence electrons. The zero-order chi connectivity index (χ0) is 17.4. The number of carbonyl (C=O) groups excluding carboxylic acids is 1. The number of aliphatic hydroxyl groups excluding tert-OH is 1. The van der Waals surface area contributed by atoms with E-state index in [-0.39, 0.29) is 17.9 Å². The number of hydrogen-bond donors (Lipinski definition) is 2. The predicted octanol–water partition coefficient (Wildman–Crippen LogP) is 2.65. The molecule has 0 radical (unpaired) electrons. The number of halogens is 1. The first-order valence-corrected chi connectivity index (χ1v) is 8.90. The minimum Gasteiger partial charge on any atom is -0.396 e. The Labute approximate surface area is 149 Å². The van der Waals surface area contributed by atoms with Gasteiger partial charge >= 0.3 is 0 Å². The van der Waals surface area contributed by atoms with Gasteiger partial charge in [0.2, 0.25) is 5.91 Å². The number of piperidine rings is 1. The molecular weight excluding hydrogens is 324 g/mol. The highest BCUT2D eigenvalue weighted by Gasteiger charge is 2.34. The van der Waals surface area contributed by atoms with Gasteiger partial charge in [0.15, 0.2) is 0 Å². The van der Waals surface area contributed by atoms with Gasteiger partial charge in [0, 0.05) is 23.5 Å². The van der Waals surface area contributed by atoms with Gasteiger partial charge in [-0.1, -0.05) is 29.8 Å². The smallest absolute Gasteiger partial charge is 0.234 e. The molecule has 1 atom stereocenters. The van der Waals surface area contributed by atoms with Crippen LogP contribution in [0.3, 0.4) is 0 Å². The Morgan fingerprint density at radius 3 is 2.83 bits per heavy atom. The van der Waals surface area contributed by atoms with Crippen LogP contribution in [0.15, 0.2) is 36.9 Å². The summed E-state index contributed by atoms with van der Waals surface area (Å²) < 4.78 is 0. The Balaban J connectivity index is 1.75. The Hall–Kier alpha value is -1.36. The second-order valence-corrected chi connectivity index (χ2v) is 7.13. The Bertz CT molecular complexity index is 547. The van der Waals surface area contributed by atoms with E-state index in [1.165, 1.54) is 0 Å². The molecule has 1 heterocycles. The molecule has 0 spiro atoms. The third-order valence-corrected chi connectivity index (χ3v) is 4.92. The van der Waals surface area contributed by atoms with E-state index in [1.807, 2.05) is 30.3 Å². The van der Waals surface area contributed by atoms with Crippen molar-refractivity contribution in [3.8, 4) is 0 Å². The highest BCUT2D eigenvalue weighted by atomic mass is 35.5. The van der Waals surface area contributed by atoms with Crippen molar-refractivity contribution in [1.29, 1.82) is 0 Å². The summed E-state index contributed by atoms with van der Waals surface area (Å²) in [6, 6.07) is 7.68. The van der Waals surface area contributed by atoms with E-state index in [2.05, 4.69) is 16.8 Å². The quantitative estimate of drug-likeness (QED) is 0.709. The van der Waals surface area contributed by atoms with E-state index in [0.29, 0.717) is 13.1 Å². The third kappa shape index (κ3) is 5.62. The van der Waals surface area contributed by atoms with E-state index in [1.54, 1.807) is 0 Å². The van der Waals surface area contributed by atoms with Crippen molar-refractivity contribution in [1.82, 2.24) is 10.2 Å². The summed E-state index contributed by atoms with van der Waals surface area (Å²) in [6.07, 6.45) is 5.45. The van der Waals surface area contributed by atoms with Crippen molar-refractivity contribution >= 4 is 17.5 Å². The van der Waals surface area contributed by atoms with Gasteiger partial charge in [0.1, 0.15) is 0 Å². The molecule has 1 aliphatic heterocycles. The molecule has 5 heteroatoms. The van der Waals surface area contributed by atoms with Gasteiger partial charge in [-0.15, -0.1) is 6.58 Å². The van der Waals surface area contributed by atoms with Crippen LogP contribution in [0.25, 0.3) is 0 Å². The molecule has 0 bridgehead atoms. The largest absolute Gasteiger partial charge is 0.396 e. The fourth-order valence-electron chi connectivity index (χ4n) is 3.37. The van der Waals surface area contributed by atoms with Crippen molar-refractivity contribution < 1.29 is 9.90 Å². The van der Waals surface area contributed by atoms with E-state index in [9.17, 15) is 9.90 Å². The maximum Gasteiger partial charge on any atom is 0.234 e. The summed E-state index contributed by atoms with van der Waals surface area (Å²) in [5, 5.41) is 13.4. The third-order valence-electron chi connectivity index (χ3n) is 4.67. The number of nitrogens with one attached hydrogen (secondary N) is 1. The van der Waals surface area contributed by atoms with Crippen LogP contribution >= 0.6 is 11.6 Å². The summed E-state index contributed by atoms with van der Waals surface area (Å²) in [6.45, 7) is 6.60. The van der Waals surface area contributed by atoms with Crippen LogP contribution in [0.5, 0.6) is 0 Å². The van der Waals surface area contributed by atoms with Crippen LogP contribution in [0, 0.1) is 5.41 Å². The van der Waals surface area contributed by atoms with Crippen molar-refractivity contribution in [3.63, 3.8) is 0 Å². The van der Waals surface area contributed by atoms with Crippen molar-refractivity contribution in [2.45, 2.75) is 25.7 Å². The molecular formula is C19H27ClN2O2. The summed E-state index contributed by atoms with van der Waals surface area (Å²) >= 11 is 5.86. The first-order chi connectivity index (χ1) is 11.6. The molecule has 0 unspecified atom stereocenters. The van der Waals surface area contributed by atoms with Crippen molar-refractivity contribution in [2.24, 2.45) is 5.41 Å². The maximum absolute atomic E-state index is 12.2. The summed E-state index contributed by atoms with van der Waals surface area (Å²) in [4.78, 5) is 14.3. The Kier molecular flexibility index (Phi) is 7.28. The molecule has 2 N–H and O–H groups in total. The number of allylic oxidation sites excluding steroid dienone is 1. The maximum atomic E-state index is 12.2. The first-order valence-electron chi connectivity index (χ1n) is 8.52. The van der Waals surface area contributed by atoms with Crippen molar-refractivity contribution in [3.05, 3.63) is 47.5 Å². The van der Waals surface area contributed by atoms with Crippen molar-refractivity contribution in [2.75, 3.05) is 32.8 Å². The fraction of sp³-hybridized carbons (Fsp3) is 0.526. The summed E-state index contributed by atoms with van der Waals surface area (Å²) in [5.74, 6) is 0.0382. The minimum atomic E-state index is -0.135. The minimum absolute atomic E-state index is 0.0382. The molecule has 4 nitrogen and oxygen atoms in total. The summed E-state index contributed by atoms with van der Waals surface area (Å²) in [7, 11) is 0. The van der Waals surface area contributed by atoms with E-state index in [0.717, 1.165) is 49.4 Å². The number of benzene rings is 1. The van der Waals surface area contributed by atoms with Crippen LogP contribution in [0.1, 0.15) is 24.8 Å². The second-order valence-electron chi connectivity index (χ2n) is 6.69. The standard InChI is InChI=1S/C19H27ClN2O2/c1-2-9-19(15-23)10-3-12-22(14-19)13-18(24)21-11-8-16-4-6-17(20)7-5-16/h2,4-7,23H,1,3,8-15H2,(H,21,24)/t19-/m0/s1. The lowest BCUT2D eigenvalue weighted by atomic mass is 9.78. The van der Waals surface area contributed by atoms with Crippen LogP contribution < -0.4 is 5.32 Å². The monoisotopic (exact) mass is 350 g/mol. The Morgan fingerprint density at radius 1 is 1.42 bits per heavy atom. The van der Waals surface area contributed by atoms with Gasteiger partial charge in [-0.2, -0.15) is 0 Å². The normalized spacial score (nSPS) is 21.4. The molecule has 1 aliphatic rings. The van der Waals surface area contributed by atoms with Crippen LogP contribution in [0.4, 0.5) is 0 Å². The van der Waals surface area contributed by atoms with Crippen LogP contribution in [0.2, 0.25) is 5.02 Å². The van der Waals surface area contributed by atoms with Gasteiger partial charge in [0.25, 0.3) is 0 Å². The van der Waals surface area contributed by atoms with E-state index >= 15 is 0 Å². The second kappa shape index (κ2) is 9.21. The zero-order valence-electron chi connectivity index (χ0n) is 14.1. The summed E-state index contributed by atoms with van der Waals surface area (Å²) in [5.41, 5.74) is 1.02. The zero-order valence-corrected chi connectivity index (χ0v) is 14.9. The lowest BCUT2D eigenvalue weighted by molar-refractivity contribution is -0.123. The van der Waals surface area contributed by atoms with Gasteiger partial charge in [-0.25, -0.2) is 0 Å². The molecule has 24 heavy (non-hydrogen) atoms. The molecule has 0 saturated carbocycles. The fourth-order valence-corrected chi connectivity index (χ4v) is 3.49. The topological polar surface area (TPSA) is 52.6 Å². The molecule has 0 aromatic heterocycles. The lowest BCUT2D eigenvalue weighted by Gasteiger charge is -2.41. The number of aliphatic hydroxyl groups is 1. The highest BCUT2D eigenvalue weighted by Crippen LogP contribution is 2.33. The van der Waals surface area contributed by atoms with Gasteiger partial charge in [0.05, 0.1) is 13.2 Å². The van der Waals surface area contributed by atoms with Gasteiger partial charge in [-0.3, -0.25) is 9.69 Å². The van der Waals surface area contributed by atoms with Gasteiger partial charge < -0.3 is 10.4 Å². The molecule has 1 fully saturated rings. The average Bonchev–Trinajstić information content (AvgIpc) is 2.57. The number of likely N-dealkylation sites (tertiary alicyclic amines) is 1. The van der Waals surface area contributed by atoms with E-state index < -0.39 is 0 Å². The SMILES string of the molecule is C=CC[C@]1(CO)CCCN(CC(=O)NCCc2ccc(Cl)cc2)C1. The first kappa shape index (κ1) is 19.0. The molecule has 0 aliphatic carbocycles. The highest BCUT2D eigenvalue weighted by molar-refractivity contribution is 6.30. The Morgan fingerprint density at radius 2 is 2.17 bits per heavy atom. The number of carbonyl (C=O) groups is 1. The number of hydrogen-bond acceptors (Lipinski definition) is 3. The number of amides is 1. The number of nitrogens with zero attached hydrogens (tertiary/aromatic N) is 1. The van der Waals surface area contributed by atoms with Crippen LogP contribution in [-0.4, -0.2) is 48.7 Å². The molecule has 1 amide bonds. The number of rotatable bonds is 8. The predicted molar refractivity (Wildman–Crippen MR) is 98.2 cm³/mol. The molecule has 1 aromatic carbocycles. The van der Waals surface area contributed by atoms with E-state index in [4.69, 9.17) is 11.6 Å². The molecule has 1 saturated heterocycles. The van der Waals surface area contributed by atoms with Crippen LogP contribution in [-0.2, 0) is 11.2 Å². The molecule has 1 aromatic rings.